The highest BCUT2D eigenvalue weighted by Gasteiger charge is 2.29. The first kappa shape index (κ1) is 20.4. The molecule has 0 saturated heterocycles. The molecule has 1 heterocycles. The van der Waals surface area contributed by atoms with Crippen molar-refractivity contribution in [2.45, 2.75) is 25.3 Å². The van der Waals surface area contributed by atoms with Crippen LogP contribution in [0.4, 0.5) is 11.5 Å². The van der Waals surface area contributed by atoms with Crippen molar-refractivity contribution in [3.8, 4) is 17.3 Å². The molecule has 8 nitrogen and oxygen atoms in total. The molecule has 2 N–H and O–H groups in total. The van der Waals surface area contributed by atoms with Gasteiger partial charge in [0.05, 0.1) is 29.3 Å². The summed E-state index contributed by atoms with van der Waals surface area (Å²) in [7, 11) is 3.86. The van der Waals surface area contributed by atoms with Gasteiger partial charge in [-0.1, -0.05) is 6.07 Å². The molecule has 3 rings (SSSR count). The Bertz CT molecular complexity index is 916. The van der Waals surface area contributed by atoms with Crippen LogP contribution in [0.1, 0.15) is 24.8 Å². The highest BCUT2D eigenvalue weighted by Crippen LogP contribution is 2.30. The van der Waals surface area contributed by atoms with Gasteiger partial charge in [0.2, 0.25) is 5.91 Å². The second kappa shape index (κ2) is 9.26. The number of benzene rings is 1. The van der Waals surface area contributed by atoms with Gasteiger partial charge in [-0.3, -0.25) is 9.78 Å². The summed E-state index contributed by atoms with van der Waals surface area (Å²) in [6, 6.07) is 7.41. The van der Waals surface area contributed by atoms with Crippen LogP contribution in [-0.2, 0) is 9.59 Å². The van der Waals surface area contributed by atoms with Gasteiger partial charge in [0.1, 0.15) is 12.4 Å². The van der Waals surface area contributed by atoms with E-state index in [4.69, 9.17) is 0 Å². The van der Waals surface area contributed by atoms with Crippen LogP contribution in [0.15, 0.2) is 30.6 Å². The monoisotopic (exact) mass is 392 g/mol. The molecular weight excluding hydrogens is 368 g/mol. The van der Waals surface area contributed by atoms with E-state index < -0.39 is 0 Å². The standard InChI is InChI=1S/C21H24N6O2/c1-27(2)13-17(7-8-28)25-18-9-15(5-6-16(18)10-22)19-11-24-20(12-23-19)26-21(29)14-3-4-14/h5-6,8-9,11-12,14,17,25H,3-4,7,13H2,1-2H3,(H,24,26,29). The number of likely N-dealkylation sites (N-methyl/N-ethyl adjacent to an activating group) is 1. The maximum absolute atomic E-state index is 11.8. The van der Waals surface area contributed by atoms with Gasteiger partial charge in [-0.25, -0.2) is 4.98 Å². The topological polar surface area (TPSA) is 111 Å². The van der Waals surface area contributed by atoms with Crippen LogP contribution in [-0.4, -0.2) is 53.7 Å². The predicted octanol–water partition coefficient (Wildman–Crippen LogP) is 2.29. The average molecular weight is 392 g/mol. The number of anilines is 2. The number of nitriles is 1. The molecule has 1 aromatic heterocycles. The Hall–Kier alpha value is -3.31. The maximum Gasteiger partial charge on any atom is 0.228 e. The zero-order chi connectivity index (χ0) is 20.8. The van der Waals surface area contributed by atoms with E-state index in [-0.39, 0.29) is 17.9 Å². The van der Waals surface area contributed by atoms with Gasteiger partial charge >= 0.3 is 0 Å². The first-order chi connectivity index (χ1) is 14.0. The van der Waals surface area contributed by atoms with Gasteiger partial charge < -0.3 is 20.3 Å². The van der Waals surface area contributed by atoms with E-state index >= 15 is 0 Å². The van der Waals surface area contributed by atoms with Crippen molar-refractivity contribution >= 4 is 23.7 Å². The Kier molecular flexibility index (Phi) is 6.52. The van der Waals surface area contributed by atoms with Crippen molar-refractivity contribution in [3.63, 3.8) is 0 Å². The Labute approximate surface area is 170 Å². The van der Waals surface area contributed by atoms with Crippen molar-refractivity contribution in [1.29, 1.82) is 5.26 Å². The highest BCUT2D eigenvalue weighted by atomic mass is 16.2. The number of aromatic nitrogens is 2. The lowest BCUT2D eigenvalue weighted by Crippen LogP contribution is -2.33. The van der Waals surface area contributed by atoms with E-state index in [9.17, 15) is 14.9 Å². The Morgan fingerprint density at radius 2 is 2.14 bits per heavy atom. The number of nitrogens with zero attached hydrogens (tertiary/aromatic N) is 4. The molecule has 0 bridgehead atoms. The fourth-order valence-electron chi connectivity index (χ4n) is 2.99. The normalized spacial score (nSPS) is 14.1. The number of hydrogen-bond acceptors (Lipinski definition) is 7. The molecule has 1 atom stereocenters. The minimum Gasteiger partial charge on any atom is -0.379 e. The lowest BCUT2D eigenvalue weighted by molar-refractivity contribution is -0.117. The second-order valence-electron chi connectivity index (χ2n) is 7.43. The summed E-state index contributed by atoms with van der Waals surface area (Å²) in [5.41, 5.74) is 2.55. The summed E-state index contributed by atoms with van der Waals surface area (Å²) in [4.78, 5) is 33.5. The molecule has 0 radical (unpaired) electrons. The summed E-state index contributed by atoms with van der Waals surface area (Å²) in [6.07, 6.45) is 6.19. The summed E-state index contributed by atoms with van der Waals surface area (Å²) in [5.74, 6) is 0.513. The molecule has 29 heavy (non-hydrogen) atoms. The van der Waals surface area contributed by atoms with Crippen LogP contribution in [0.3, 0.4) is 0 Å². The average Bonchev–Trinajstić information content (AvgIpc) is 3.54. The lowest BCUT2D eigenvalue weighted by atomic mass is 10.1. The predicted molar refractivity (Wildman–Crippen MR) is 110 cm³/mol. The van der Waals surface area contributed by atoms with Crippen LogP contribution >= 0.6 is 0 Å². The number of amides is 1. The SMILES string of the molecule is CN(C)CC(CC=O)Nc1cc(-c2cnc(NC(=O)C3CC3)cn2)ccc1C#N. The minimum atomic E-state index is -0.115. The van der Waals surface area contributed by atoms with Crippen LogP contribution in [0.25, 0.3) is 11.3 Å². The molecular formula is C21H24N6O2. The first-order valence-corrected chi connectivity index (χ1v) is 9.52. The number of rotatable bonds is 9. The van der Waals surface area contributed by atoms with Crippen molar-refractivity contribution in [2.24, 2.45) is 5.92 Å². The van der Waals surface area contributed by atoms with Crippen molar-refractivity contribution in [2.75, 3.05) is 31.3 Å². The van der Waals surface area contributed by atoms with E-state index in [2.05, 4.69) is 26.7 Å². The fourth-order valence-corrected chi connectivity index (χ4v) is 2.99. The molecule has 1 amide bonds. The van der Waals surface area contributed by atoms with Crippen molar-refractivity contribution in [1.82, 2.24) is 14.9 Å². The van der Waals surface area contributed by atoms with E-state index in [1.54, 1.807) is 18.3 Å². The second-order valence-corrected chi connectivity index (χ2v) is 7.43. The number of hydrogen-bond donors (Lipinski definition) is 2. The van der Waals surface area contributed by atoms with E-state index in [0.717, 1.165) is 24.7 Å². The molecule has 1 aliphatic carbocycles. The van der Waals surface area contributed by atoms with Gasteiger partial charge in [-0.2, -0.15) is 5.26 Å². The lowest BCUT2D eigenvalue weighted by Gasteiger charge is -2.22. The highest BCUT2D eigenvalue weighted by molar-refractivity contribution is 5.93. The van der Waals surface area contributed by atoms with Crippen LogP contribution in [0.2, 0.25) is 0 Å². The van der Waals surface area contributed by atoms with E-state index in [1.165, 1.54) is 6.20 Å². The Balaban J connectivity index is 1.79. The van der Waals surface area contributed by atoms with Crippen molar-refractivity contribution in [3.05, 3.63) is 36.2 Å². The third-order valence-corrected chi connectivity index (χ3v) is 4.61. The maximum atomic E-state index is 11.8. The molecule has 150 valence electrons. The molecule has 1 aromatic carbocycles. The van der Waals surface area contributed by atoms with Gasteiger partial charge in [0.25, 0.3) is 0 Å². The Morgan fingerprint density at radius 3 is 2.72 bits per heavy atom. The number of aldehydes is 1. The molecule has 1 fully saturated rings. The smallest absolute Gasteiger partial charge is 0.228 e. The molecule has 8 heteroatoms. The zero-order valence-corrected chi connectivity index (χ0v) is 16.6. The minimum absolute atomic E-state index is 0.0148. The zero-order valence-electron chi connectivity index (χ0n) is 16.6. The quantitative estimate of drug-likeness (QED) is 0.630. The van der Waals surface area contributed by atoms with Gasteiger partial charge in [0, 0.05) is 30.5 Å². The summed E-state index contributed by atoms with van der Waals surface area (Å²) in [6.45, 7) is 0.656. The van der Waals surface area contributed by atoms with Gasteiger partial charge in [-0.05, 0) is 39.1 Å². The molecule has 2 aromatic rings. The molecule has 1 unspecified atom stereocenters. The molecule has 0 spiro atoms. The van der Waals surface area contributed by atoms with Crippen LogP contribution in [0.5, 0.6) is 0 Å². The largest absolute Gasteiger partial charge is 0.379 e. The molecule has 1 saturated carbocycles. The third kappa shape index (κ3) is 5.59. The third-order valence-electron chi connectivity index (χ3n) is 4.61. The van der Waals surface area contributed by atoms with E-state index in [1.807, 2.05) is 25.1 Å². The van der Waals surface area contributed by atoms with Crippen LogP contribution in [0, 0.1) is 17.2 Å². The van der Waals surface area contributed by atoms with E-state index in [0.29, 0.717) is 35.7 Å². The summed E-state index contributed by atoms with van der Waals surface area (Å²) in [5, 5.41) is 15.5. The van der Waals surface area contributed by atoms with Gasteiger partial charge in [-0.15, -0.1) is 0 Å². The number of carbonyl (C=O) groups is 2. The fraction of sp³-hybridized carbons (Fsp3) is 0.381. The Morgan fingerprint density at radius 1 is 1.34 bits per heavy atom. The summed E-state index contributed by atoms with van der Waals surface area (Å²) < 4.78 is 0. The van der Waals surface area contributed by atoms with Crippen molar-refractivity contribution < 1.29 is 9.59 Å². The van der Waals surface area contributed by atoms with Crippen LogP contribution < -0.4 is 10.6 Å². The molecule has 0 aliphatic heterocycles. The first-order valence-electron chi connectivity index (χ1n) is 9.52. The number of carbonyl (C=O) groups excluding carboxylic acids is 2. The van der Waals surface area contributed by atoms with Gasteiger partial charge in [0.15, 0.2) is 5.82 Å². The summed E-state index contributed by atoms with van der Waals surface area (Å²) >= 11 is 0. The molecule has 1 aliphatic rings. The number of nitrogens with one attached hydrogen (secondary N) is 2.